The fourth-order valence-electron chi connectivity index (χ4n) is 1.72. The fraction of sp³-hybridized carbons (Fsp3) is 0.125. The van der Waals surface area contributed by atoms with E-state index in [0.717, 1.165) is 0 Å². The van der Waals surface area contributed by atoms with Crippen LogP contribution in [0.5, 0.6) is 11.5 Å². The topological polar surface area (TPSA) is 70.9 Å². The lowest BCUT2D eigenvalue weighted by Gasteiger charge is -2.05. The molecule has 0 fully saturated rings. The molecule has 0 aliphatic rings. The average molecular weight is 319 g/mol. The van der Waals surface area contributed by atoms with Crippen LogP contribution < -0.4 is 10.2 Å². The van der Waals surface area contributed by atoms with Crippen molar-refractivity contribution in [2.24, 2.45) is 5.10 Å². The Hall–Kier alpha value is -2.53. The van der Waals surface area contributed by atoms with Crippen molar-refractivity contribution in [1.82, 2.24) is 5.43 Å². The zero-order chi connectivity index (χ0) is 15.9. The van der Waals surface area contributed by atoms with E-state index in [1.165, 1.54) is 12.3 Å². The Kier molecular flexibility index (Phi) is 5.38. The molecule has 0 aromatic heterocycles. The minimum absolute atomic E-state index is 0.0230. The summed E-state index contributed by atoms with van der Waals surface area (Å²) in [6.45, 7) is 2.30. The monoisotopic (exact) mass is 318 g/mol. The Morgan fingerprint density at radius 3 is 2.68 bits per heavy atom. The molecular formula is C16H15ClN2O3. The Morgan fingerprint density at radius 2 is 2.05 bits per heavy atom. The first-order valence-electron chi connectivity index (χ1n) is 6.65. The first-order valence-corrected chi connectivity index (χ1v) is 7.02. The third kappa shape index (κ3) is 4.23. The number of amides is 1. The van der Waals surface area contributed by atoms with Gasteiger partial charge < -0.3 is 9.84 Å². The lowest BCUT2D eigenvalue weighted by atomic mass is 10.2. The standard InChI is InChI=1S/C16H15ClN2O3/c1-2-22-15-8-3-11(9-14(15)20)10-18-19-16(21)12-4-6-13(17)7-5-12/h3-10,20H,2H2,1H3,(H,19,21). The molecule has 2 rings (SSSR count). The van der Waals surface area contributed by atoms with E-state index in [9.17, 15) is 9.90 Å². The van der Waals surface area contributed by atoms with E-state index >= 15 is 0 Å². The summed E-state index contributed by atoms with van der Waals surface area (Å²) in [5.74, 6) is 0.0859. The molecule has 0 saturated heterocycles. The molecule has 0 unspecified atom stereocenters. The van der Waals surface area contributed by atoms with Gasteiger partial charge in [-0.25, -0.2) is 5.43 Å². The van der Waals surface area contributed by atoms with Crippen molar-refractivity contribution in [1.29, 1.82) is 0 Å². The maximum atomic E-state index is 11.8. The number of phenolic OH excluding ortho intramolecular Hbond substituents is 1. The Balaban J connectivity index is 1.98. The number of carbonyl (C=O) groups is 1. The number of carbonyl (C=O) groups excluding carboxylic acids is 1. The van der Waals surface area contributed by atoms with Crippen molar-refractivity contribution < 1.29 is 14.6 Å². The summed E-state index contributed by atoms with van der Waals surface area (Å²) in [7, 11) is 0. The van der Waals surface area contributed by atoms with Crippen LogP contribution in [0.3, 0.4) is 0 Å². The molecule has 0 spiro atoms. The second-order valence-corrected chi connectivity index (χ2v) is 4.80. The molecule has 0 bridgehead atoms. The Bertz CT molecular complexity index is 684. The van der Waals surface area contributed by atoms with E-state index in [1.54, 1.807) is 36.4 Å². The number of hydrogen-bond acceptors (Lipinski definition) is 4. The lowest BCUT2D eigenvalue weighted by molar-refractivity contribution is 0.0955. The van der Waals surface area contributed by atoms with Crippen LogP contribution in [-0.2, 0) is 0 Å². The molecule has 0 aliphatic carbocycles. The largest absolute Gasteiger partial charge is 0.504 e. The van der Waals surface area contributed by atoms with Crippen LogP contribution in [-0.4, -0.2) is 23.8 Å². The Labute approximate surface area is 133 Å². The van der Waals surface area contributed by atoms with E-state index in [1.807, 2.05) is 6.92 Å². The highest BCUT2D eigenvalue weighted by Gasteiger charge is 2.04. The van der Waals surface area contributed by atoms with Crippen LogP contribution in [0, 0.1) is 0 Å². The predicted molar refractivity (Wildman–Crippen MR) is 85.8 cm³/mol. The molecule has 6 heteroatoms. The lowest BCUT2D eigenvalue weighted by Crippen LogP contribution is -2.17. The molecule has 1 amide bonds. The number of hydrazone groups is 1. The summed E-state index contributed by atoms with van der Waals surface area (Å²) >= 11 is 5.76. The van der Waals surface area contributed by atoms with Crippen molar-refractivity contribution in [3.8, 4) is 11.5 Å². The number of nitrogens with zero attached hydrogens (tertiary/aromatic N) is 1. The first kappa shape index (κ1) is 15.9. The molecule has 0 atom stereocenters. The summed E-state index contributed by atoms with van der Waals surface area (Å²) in [6, 6.07) is 11.3. The smallest absolute Gasteiger partial charge is 0.271 e. The van der Waals surface area contributed by atoms with Crippen LogP contribution in [0.25, 0.3) is 0 Å². The van der Waals surface area contributed by atoms with E-state index in [4.69, 9.17) is 16.3 Å². The number of aromatic hydroxyl groups is 1. The van der Waals surface area contributed by atoms with Crippen molar-refractivity contribution >= 4 is 23.7 Å². The van der Waals surface area contributed by atoms with Gasteiger partial charge in [0, 0.05) is 10.6 Å². The van der Waals surface area contributed by atoms with Crippen LogP contribution in [0.1, 0.15) is 22.8 Å². The van der Waals surface area contributed by atoms with Crippen molar-refractivity contribution in [3.05, 3.63) is 58.6 Å². The number of phenols is 1. The molecule has 114 valence electrons. The van der Waals surface area contributed by atoms with Gasteiger partial charge in [0.1, 0.15) is 0 Å². The minimum Gasteiger partial charge on any atom is -0.504 e. The zero-order valence-corrected chi connectivity index (χ0v) is 12.7. The van der Waals surface area contributed by atoms with Gasteiger partial charge in [0.2, 0.25) is 0 Å². The minimum atomic E-state index is -0.344. The highest BCUT2D eigenvalue weighted by atomic mass is 35.5. The van der Waals surface area contributed by atoms with Gasteiger partial charge in [-0.2, -0.15) is 5.10 Å². The second kappa shape index (κ2) is 7.47. The quantitative estimate of drug-likeness (QED) is 0.657. The van der Waals surface area contributed by atoms with E-state index in [-0.39, 0.29) is 11.7 Å². The molecule has 2 N–H and O–H groups in total. The third-order valence-corrected chi connectivity index (χ3v) is 3.02. The molecule has 2 aromatic rings. The normalized spacial score (nSPS) is 10.6. The number of hydrogen-bond donors (Lipinski definition) is 2. The fourth-order valence-corrected chi connectivity index (χ4v) is 1.85. The summed E-state index contributed by atoms with van der Waals surface area (Å²) in [5.41, 5.74) is 3.49. The summed E-state index contributed by atoms with van der Waals surface area (Å²) in [6.07, 6.45) is 1.43. The van der Waals surface area contributed by atoms with Crippen molar-refractivity contribution in [3.63, 3.8) is 0 Å². The van der Waals surface area contributed by atoms with E-state index in [2.05, 4.69) is 10.5 Å². The maximum absolute atomic E-state index is 11.8. The molecule has 22 heavy (non-hydrogen) atoms. The Morgan fingerprint density at radius 1 is 1.32 bits per heavy atom. The third-order valence-electron chi connectivity index (χ3n) is 2.77. The van der Waals surface area contributed by atoms with Crippen LogP contribution in [0.4, 0.5) is 0 Å². The highest BCUT2D eigenvalue weighted by Crippen LogP contribution is 2.26. The van der Waals surface area contributed by atoms with Gasteiger partial charge >= 0.3 is 0 Å². The van der Waals surface area contributed by atoms with E-state index in [0.29, 0.717) is 28.5 Å². The van der Waals surface area contributed by atoms with Crippen LogP contribution in [0.2, 0.25) is 5.02 Å². The molecule has 0 radical (unpaired) electrons. The number of halogens is 1. The van der Waals surface area contributed by atoms with Gasteiger partial charge in [0.15, 0.2) is 11.5 Å². The number of benzene rings is 2. The molecular weight excluding hydrogens is 304 g/mol. The van der Waals surface area contributed by atoms with E-state index < -0.39 is 0 Å². The first-order chi connectivity index (χ1) is 10.6. The van der Waals surface area contributed by atoms with Crippen molar-refractivity contribution in [2.45, 2.75) is 6.92 Å². The number of ether oxygens (including phenoxy) is 1. The molecule has 5 nitrogen and oxygen atoms in total. The molecule has 2 aromatic carbocycles. The van der Waals surface area contributed by atoms with Gasteiger partial charge in [0.25, 0.3) is 5.91 Å². The van der Waals surface area contributed by atoms with Crippen LogP contribution in [0.15, 0.2) is 47.6 Å². The second-order valence-electron chi connectivity index (χ2n) is 4.37. The van der Waals surface area contributed by atoms with Crippen LogP contribution >= 0.6 is 11.6 Å². The summed E-state index contributed by atoms with van der Waals surface area (Å²) < 4.78 is 5.23. The SMILES string of the molecule is CCOc1ccc(C=NNC(=O)c2ccc(Cl)cc2)cc1O. The van der Waals surface area contributed by atoms with Gasteiger partial charge in [-0.1, -0.05) is 11.6 Å². The predicted octanol–water partition coefficient (Wildman–Crippen LogP) is 3.21. The average Bonchev–Trinajstić information content (AvgIpc) is 2.50. The van der Waals surface area contributed by atoms with Crippen molar-refractivity contribution in [2.75, 3.05) is 6.61 Å². The van der Waals surface area contributed by atoms with Gasteiger partial charge in [-0.15, -0.1) is 0 Å². The summed E-state index contributed by atoms with van der Waals surface area (Å²) in [5, 5.41) is 14.2. The molecule has 0 aliphatic heterocycles. The molecule has 0 saturated carbocycles. The molecule has 0 heterocycles. The highest BCUT2D eigenvalue weighted by molar-refractivity contribution is 6.30. The van der Waals surface area contributed by atoms with Gasteiger partial charge in [-0.05, 0) is 55.0 Å². The summed E-state index contributed by atoms with van der Waals surface area (Å²) in [4.78, 5) is 11.8. The maximum Gasteiger partial charge on any atom is 0.271 e. The van der Waals surface area contributed by atoms with Gasteiger partial charge in [0.05, 0.1) is 12.8 Å². The number of rotatable bonds is 5. The zero-order valence-electron chi connectivity index (χ0n) is 11.9. The number of nitrogens with one attached hydrogen (secondary N) is 1. The van der Waals surface area contributed by atoms with Gasteiger partial charge in [-0.3, -0.25) is 4.79 Å².